The van der Waals surface area contributed by atoms with Crippen LogP contribution >= 0.6 is 11.3 Å². The molecule has 0 radical (unpaired) electrons. The van der Waals surface area contributed by atoms with E-state index in [-0.39, 0.29) is 24.0 Å². The molecule has 5 nitrogen and oxygen atoms in total. The molecule has 2 heterocycles. The number of hydrogen-bond acceptors (Lipinski definition) is 5. The summed E-state index contributed by atoms with van der Waals surface area (Å²) in [5, 5.41) is 0. The average molecular weight is 575 g/mol. The van der Waals surface area contributed by atoms with E-state index in [2.05, 4.69) is 18.2 Å². The van der Waals surface area contributed by atoms with Crippen molar-refractivity contribution in [2.24, 2.45) is 4.99 Å². The molecule has 0 N–H and O–H groups in total. The number of rotatable bonds is 6. The molecule has 1 aliphatic carbocycles. The average Bonchev–Trinajstić information content (AvgIpc) is 3.34. The number of ether oxygens (including phenoxy) is 2. The van der Waals surface area contributed by atoms with Crippen LogP contribution in [0.25, 0.3) is 11.8 Å². The monoisotopic (exact) mass is 574 g/mol. The molecule has 0 unspecified atom stereocenters. The highest BCUT2D eigenvalue weighted by molar-refractivity contribution is 7.07. The smallest absolute Gasteiger partial charge is 0.271 e. The van der Waals surface area contributed by atoms with Gasteiger partial charge in [0, 0.05) is 11.1 Å². The largest absolute Gasteiger partial charge is 0.497 e. The van der Waals surface area contributed by atoms with Crippen molar-refractivity contribution < 1.29 is 13.9 Å². The highest BCUT2D eigenvalue weighted by Crippen LogP contribution is 2.41. The summed E-state index contributed by atoms with van der Waals surface area (Å²) in [5.74, 6) is 1.11. The summed E-state index contributed by atoms with van der Waals surface area (Å²) < 4.78 is 27.6. The van der Waals surface area contributed by atoms with Gasteiger partial charge in [0.25, 0.3) is 5.56 Å². The molecule has 0 spiro atoms. The van der Waals surface area contributed by atoms with E-state index >= 15 is 0 Å². The third-order valence-electron chi connectivity index (χ3n) is 7.83. The molecule has 4 aromatic carbocycles. The van der Waals surface area contributed by atoms with Crippen molar-refractivity contribution in [2.45, 2.75) is 25.5 Å². The lowest BCUT2D eigenvalue weighted by Crippen LogP contribution is -2.38. The molecule has 7 heteroatoms. The van der Waals surface area contributed by atoms with E-state index in [0.29, 0.717) is 20.6 Å². The van der Waals surface area contributed by atoms with Crippen molar-refractivity contribution in [3.05, 3.63) is 156 Å². The molecule has 0 amide bonds. The number of hydrogen-bond donors (Lipinski definition) is 0. The number of aryl methyl sites for hydroxylation is 1. The van der Waals surface area contributed by atoms with Crippen LogP contribution in [0.3, 0.4) is 0 Å². The molecule has 42 heavy (non-hydrogen) atoms. The maximum atomic E-state index is 14.0. The Morgan fingerprint density at radius 3 is 2.45 bits per heavy atom. The number of aromatic nitrogens is 1. The first-order chi connectivity index (χ1) is 20.6. The zero-order valence-corrected chi connectivity index (χ0v) is 23.7. The Morgan fingerprint density at radius 1 is 0.929 bits per heavy atom. The van der Waals surface area contributed by atoms with E-state index in [1.165, 1.54) is 23.0 Å². The zero-order valence-electron chi connectivity index (χ0n) is 22.9. The molecule has 0 saturated heterocycles. The summed E-state index contributed by atoms with van der Waals surface area (Å²) in [6.07, 6.45) is 3.64. The minimum absolute atomic E-state index is 0.0649. The summed E-state index contributed by atoms with van der Waals surface area (Å²) in [6.45, 7) is 0.143. The topological polar surface area (TPSA) is 52.8 Å². The van der Waals surface area contributed by atoms with Crippen molar-refractivity contribution in [2.75, 3.05) is 7.11 Å². The van der Waals surface area contributed by atoms with Crippen LogP contribution < -0.4 is 24.4 Å². The maximum Gasteiger partial charge on any atom is 0.271 e. The first-order valence-electron chi connectivity index (χ1n) is 13.8. The summed E-state index contributed by atoms with van der Waals surface area (Å²) in [6, 6.07) is 30.2. The van der Waals surface area contributed by atoms with Gasteiger partial charge in [0.15, 0.2) is 4.80 Å². The van der Waals surface area contributed by atoms with Crippen molar-refractivity contribution in [3.63, 3.8) is 0 Å². The fourth-order valence-electron chi connectivity index (χ4n) is 5.70. The van der Waals surface area contributed by atoms with E-state index in [0.717, 1.165) is 46.6 Å². The molecule has 1 aliphatic heterocycles. The predicted octanol–water partition coefficient (Wildman–Crippen LogP) is 6.05. The lowest BCUT2D eigenvalue weighted by Gasteiger charge is -2.30. The number of fused-ring (bicyclic) bond motifs is 3. The summed E-state index contributed by atoms with van der Waals surface area (Å²) in [5.41, 5.74) is 6.89. The Balaban J connectivity index is 1.27. The van der Waals surface area contributed by atoms with Crippen molar-refractivity contribution in [1.29, 1.82) is 0 Å². The van der Waals surface area contributed by atoms with Gasteiger partial charge in [-0.05, 0) is 71.5 Å². The lowest BCUT2D eigenvalue weighted by atomic mass is 9.83. The number of methoxy groups -OCH3 is 1. The van der Waals surface area contributed by atoms with Crippen LogP contribution in [-0.2, 0) is 13.0 Å². The number of nitrogens with zero attached hydrogens (tertiary/aromatic N) is 2. The van der Waals surface area contributed by atoms with Gasteiger partial charge in [-0.2, -0.15) is 0 Å². The quantitative estimate of drug-likeness (QED) is 0.248. The number of thiazole rings is 1. The fraction of sp³-hybridized carbons (Fsp3) is 0.143. The second-order valence-electron chi connectivity index (χ2n) is 10.3. The Hall–Kier alpha value is -4.75. The van der Waals surface area contributed by atoms with Crippen LogP contribution in [0.1, 0.15) is 40.3 Å². The number of allylic oxidation sites excluding steroid dienone is 1. The lowest BCUT2D eigenvalue weighted by molar-refractivity contribution is 0.300. The molecule has 5 aromatic rings. The SMILES string of the molecule is COc1ccc([C@@H]2C3=C(N=c4s/c(=C\c5ccc(OCc6ccccc6F)cc5)c(=O)n42)c2ccccc2CC3)cc1. The summed E-state index contributed by atoms with van der Waals surface area (Å²) >= 11 is 1.40. The van der Waals surface area contributed by atoms with Gasteiger partial charge in [0.2, 0.25) is 0 Å². The van der Waals surface area contributed by atoms with Crippen LogP contribution in [0.4, 0.5) is 4.39 Å². The van der Waals surface area contributed by atoms with E-state index in [9.17, 15) is 9.18 Å². The van der Waals surface area contributed by atoms with Crippen LogP contribution in [0.15, 0.2) is 112 Å². The molecular formula is C35H27FN2O3S. The van der Waals surface area contributed by atoms with E-state index in [1.807, 2.05) is 65.2 Å². The third kappa shape index (κ3) is 4.76. The normalized spacial score (nSPS) is 15.9. The van der Waals surface area contributed by atoms with Gasteiger partial charge in [0.05, 0.1) is 23.4 Å². The van der Waals surface area contributed by atoms with Gasteiger partial charge in [0.1, 0.15) is 23.9 Å². The van der Waals surface area contributed by atoms with Gasteiger partial charge in [-0.1, -0.05) is 78.1 Å². The Morgan fingerprint density at radius 2 is 1.67 bits per heavy atom. The minimum atomic E-state index is -0.289. The van der Waals surface area contributed by atoms with Gasteiger partial charge >= 0.3 is 0 Å². The highest BCUT2D eigenvalue weighted by atomic mass is 32.1. The van der Waals surface area contributed by atoms with Gasteiger partial charge < -0.3 is 9.47 Å². The first kappa shape index (κ1) is 26.2. The predicted molar refractivity (Wildman–Crippen MR) is 163 cm³/mol. The Bertz CT molecular complexity index is 2010. The third-order valence-corrected chi connectivity index (χ3v) is 8.82. The van der Waals surface area contributed by atoms with E-state index in [4.69, 9.17) is 14.5 Å². The second-order valence-corrected chi connectivity index (χ2v) is 11.3. The molecular weight excluding hydrogens is 547 g/mol. The van der Waals surface area contributed by atoms with Crippen LogP contribution in [0.5, 0.6) is 11.5 Å². The molecule has 208 valence electrons. The standard InChI is InChI=1S/C35H27FN2O3S/c1-40-26-17-12-24(13-18-26)33-29-19-14-23-6-2-4-8-28(23)32(29)37-35-38(33)34(39)31(42-35)20-22-10-15-27(16-11-22)41-21-25-7-3-5-9-30(25)36/h2-13,15-18,20,33H,14,19,21H2,1H3/b31-20-/t33-/m1/s1. The summed E-state index contributed by atoms with van der Waals surface area (Å²) in [4.78, 5) is 19.7. The van der Waals surface area contributed by atoms with Crippen molar-refractivity contribution in [1.82, 2.24) is 4.57 Å². The van der Waals surface area contributed by atoms with E-state index in [1.54, 1.807) is 25.3 Å². The number of benzene rings is 4. The molecule has 0 fully saturated rings. The van der Waals surface area contributed by atoms with Gasteiger partial charge in [-0.3, -0.25) is 9.36 Å². The van der Waals surface area contributed by atoms with Crippen LogP contribution in [0.2, 0.25) is 0 Å². The van der Waals surface area contributed by atoms with Crippen LogP contribution in [-0.4, -0.2) is 11.7 Å². The number of halogens is 1. The van der Waals surface area contributed by atoms with Crippen LogP contribution in [0, 0.1) is 5.82 Å². The minimum Gasteiger partial charge on any atom is -0.497 e. The first-order valence-corrected chi connectivity index (χ1v) is 14.6. The van der Waals surface area contributed by atoms with Crippen molar-refractivity contribution in [3.8, 4) is 11.5 Å². The Labute approximate surface area is 246 Å². The van der Waals surface area contributed by atoms with Gasteiger partial charge in [-0.15, -0.1) is 0 Å². The molecule has 7 rings (SSSR count). The molecule has 0 bridgehead atoms. The zero-order chi connectivity index (χ0) is 28.6. The molecule has 1 aromatic heterocycles. The van der Waals surface area contributed by atoms with Crippen molar-refractivity contribution >= 4 is 23.1 Å². The fourth-order valence-corrected chi connectivity index (χ4v) is 6.70. The summed E-state index contributed by atoms with van der Waals surface area (Å²) in [7, 11) is 1.65. The second kappa shape index (κ2) is 10.9. The molecule has 2 aliphatic rings. The van der Waals surface area contributed by atoms with E-state index < -0.39 is 0 Å². The molecule has 1 atom stereocenters. The van der Waals surface area contributed by atoms with Gasteiger partial charge in [-0.25, -0.2) is 9.38 Å². The maximum absolute atomic E-state index is 14.0. The highest BCUT2D eigenvalue weighted by Gasteiger charge is 2.32. The Kier molecular flexibility index (Phi) is 6.80. The molecule has 0 saturated carbocycles.